The molecule has 0 aromatic heterocycles. The zero-order valence-electron chi connectivity index (χ0n) is 14.9. The van der Waals surface area contributed by atoms with E-state index in [0.29, 0.717) is 0 Å². The van der Waals surface area contributed by atoms with Gasteiger partial charge in [-0.05, 0) is 63.5 Å². The Bertz CT molecular complexity index is 342. The highest BCUT2D eigenvalue weighted by Crippen LogP contribution is 2.18. The van der Waals surface area contributed by atoms with Crippen LogP contribution in [-0.4, -0.2) is 56.2 Å². The van der Waals surface area contributed by atoms with E-state index in [2.05, 4.69) is 17.1 Å². The second-order valence-corrected chi connectivity index (χ2v) is 7.02. The van der Waals surface area contributed by atoms with Crippen LogP contribution >= 0.6 is 24.8 Å². The molecule has 144 valence electrons. The van der Waals surface area contributed by atoms with Gasteiger partial charge in [-0.25, -0.2) is 0 Å². The van der Waals surface area contributed by atoms with Crippen molar-refractivity contribution < 1.29 is 9.53 Å². The van der Waals surface area contributed by atoms with Gasteiger partial charge in [0.2, 0.25) is 5.91 Å². The van der Waals surface area contributed by atoms with Crippen molar-refractivity contribution in [3.8, 4) is 0 Å². The minimum absolute atomic E-state index is 0. The molecular formula is C17H35Cl2N3O2. The van der Waals surface area contributed by atoms with Gasteiger partial charge in [-0.15, -0.1) is 24.8 Å². The van der Waals surface area contributed by atoms with Crippen molar-refractivity contribution in [2.24, 2.45) is 17.6 Å². The summed E-state index contributed by atoms with van der Waals surface area (Å²) in [4.78, 5) is 14.6. The molecule has 0 spiro atoms. The number of likely N-dealkylation sites (tertiary alicyclic amines) is 1. The van der Waals surface area contributed by atoms with Gasteiger partial charge in [0.1, 0.15) is 0 Å². The molecule has 1 amide bonds. The standard InChI is InChI=1S/C17H33N3O2.2ClH/c1-14-5-4-10-20(13-14)9-3-2-8-19-17(21)16(18)15-6-11-22-12-7-15;;/h14-16H,2-13,18H2,1H3,(H,19,21);2*1H. The molecule has 2 heterocycles. The van der Waals surface area contributed by atoms with Crippen LogP contribution in [0.25, 0.3) is 0 Å². The molecule has 0 aliphatic carbocycles. The number of carbonyl (C=O) groups excluding carboxylic acids is 1. The molecule has 2 rings (SSSR count). The predicted octanol–water partition coefficient (Wildman–Crippen LogP) is 2.21. The molecule has 0 bridgehead atoms. The quantitative estimate of drug-likeness (QED) is 0.661. The zero-order valence-corrected chi connectivity index (χ0v) is 16.5. The number of nitrogens with two attached hydrogens (primary N) is 1. The maximum Gasteiger partial charge on any atom is 0.237 e. The van der Waals surface area contributed by atoms with E-state index in [1.165, 1.54) is 25.9 Å². The van der Waals surface area contributed by atoms with Gasteiger partial charge in [-0.1, -0.05) is 6.92 Å². The largest absolute Gasteiger partial charge is 0.381 e. The number of amides is 1. The lowest BCUT2D eigenvalue weighted by Gasteiger charge is -2.30. The van der Waals surface area contributed by atoms with Gasteiger partial charge in [-0.3, -0.25) is 4.79 Å². The van der Waals surface area contributed by atoms with Gasteiger partial charge < -0.3 is 20.7 Å². The normalized spacial score (nSPS) is 23.7. The molecule has 3 N–H and O–H groups in total. The second-order valence-electron chi connectivity index (χ2n) is 7.02. The van der Waals surface area contributed by atoms with Crippen molar-refractivity contribution in [3.05, 3.63) is 0 Å². The number of rotatable bonds is 7. The molecule has 0 saturated carbocycles. The average Bonchev–Trinajstić information content (AvgIpc) is 2.54. The van der Waals surface area contributed by atoms with Crippen LogP contribution in [0.3, 0.4) is 0 Å². The second kappa shape index (κ2) is 13.2. The molecular weight excluding hydrogens is 349 g/mol. The van der Waals surface area contributed by atoms with Gasteiger partial charge in [0.05, 0.1) is 6.04 Å². The Morgan fingerprint density at radius 2 is 1.96 bits per heavy atom. The van der Waals surface area contributed by atoms with Crippen LogP contribution in [0.15, 0.2) is 0 Å². The molecule has 2 atom stereocenters. The van der Waals surface area contributed by atoms with Crippen molar-refractivity contribution in [2.45, 2.75) is 51.5 Å². The van der Waals surface area contributed by atoms with Crippen molar-refractivity contribution in [3.63, 3.8) is 0 Å². The molecule has 2 saturated heterocycles. The number of hydrogen-bond acceptors (Lipinski definition) is 4. The minimum atomic E-state index is -0.369. The highest BCUT2D eigenvalue weighted by Gasteiger charge is 2.26. The summed E-state index contributed by atoms with van der Waals surface area (Å²) in [5.41, 5.74) is 6.06. The Morgan fingerprint density at radius 1 is 1.25 bits per heavy atom. The molecule has 0 aromatic rings. The van der Waals surface area contributed by atoms with Crippen LogP contribution in [0.4, 0.5) is 0 Å². The topological polar surface area (TPSA) is 67.6 Å². The lowest BCUT2D eigenvalue weighted by Crippen LogP contribution is -2.47. The van der Waals surface area contributed by atoms with Crippen LogP contribution in [0, 0.1) is 11.8 Å². The summed E-state index contributed by atoms with van der Waals surface area (Å²) in [5.74, 6) is 1.13. The first kappa shape index (κ1) is 23.9. The van der Waals surface area contributed by atoms with Gasteiger partial charge in [0, 0.05) is 26.3 Å². The first-order valence-electron chi connectivity index (χ1n) is 9.00. The van der Waals surface area contributed by atoms with E-state index in [0.717, 1.165) is 57.9 Å². The molecule has 0 aromatic carbocycles. The van der Waals surface area contributed by atoms with Crippen molar-refractivity contribution in [1.29, 1.82) is 0 Å². The predicted molar refractivity (Wildman–Crippen MR) is 103 cm³/mol. The van der Waals surface area contributed by atoms with Crippen molar-refractivity contribution >= 4 is 30.7 Å². The molecule has 2 aliphatic heterocycles. The third kappa shape index (κ3) is 8.34. The number of halogens is 2. The minimum Gasteiger partial charge on any atom is -0.381 e. The highest BCUT2D eigenvalue weighted by atomic mass is 35.5. The third-order valence-corrected chi connectivity index (χ3v) is 5.02. The zero-order chi connectivity index (χ0) is 15.8. The van der Waals surface area contributed by atoms with Crippen molar-refractivity contribution in [1.82, 2.24) is 10.2 Å². The first-order chi connectivity index (χ1) is 10.7. The van der Waals surface area contributed by atoms with E-state index in [1.807, 2.05) is 0 Å². The van der Waals surface area contributed by atoms with E-state index in [4.69, 9.17) is 10.5 Å². The van der Waals surface area contributed by atoms with Crippen LogP contribution in [0.5, 0.6) is 0 Å². The summed E-state index contributed by atoms with van der Waals surface area (Å²) in [7, 11) is 0. The Morgan fingerprint density at radius 3 is 2.62 bits per heavy atom. The van der Waals surface area contributed by atoms with Gasteiger partial charge >= 0.3 is 0 Å². The van der Waals surface area contributed by atoms with Gasteiger partial charge in [0.15, 0.2) is 0 Å². The Labute approximate surface area is 159 Å². The Hall–Kier alpha value is -0.0700. The summed E-state index contributed by atoms with van der Waals surface area (Å²) in [5, 5.41) is 3.00. The molecule has 7 heteroatoms. The molecule has 5 nitrogen and oxygen atoms in total. The van der Waals surface area contributed by atoms with Gasteiger partial charge in [0.25, 0.3) is 0 Å². The molecule has 24 heavy (non-hydrogen) atoms. The lowest BCUT2D eigenvalue weighted by molar-refractivity contribution is -0.124. The van der Waals surface area contributed by atoms with E-state index in [1.54, 1.807) is 0 Å². The number of ether oxygens (including phenoxy) is 1. The smallest absolute Gasteiger partial charge is 0.237 e. The van der Waals surface area contributed by atoms with Gasteiger partial charge in [-0.2, -0.15) is 0 Å². The Balaban J connectivity index is 0.00000264. The number of carbonyl (C=O) groups is 1. The summed E-state index contributed by atoms with van der Waals surface area (Å²) < 4.78 is 5.32. The van der Waals surface area contributed by atoms with Crippen LogP contribution in [0.1, 0.15) is 45.4 Å². The SMILES string of the molecule is CC1CCCN(CCCCNC(=O)C(N)C2CCOCC2)C1.Cl.Cl. The number of unbranched alkanes of at least 4 members (excludes halogenated alkanes) is 1. The highest BCUT2D eigenvalue weighted by molar-refractivity contribution is 5.85. The number of piperidine rings is 1. The number of nitrogens with zero attached hydrogens (tertiary/aromatic N) is 1. The molecule has 2 unspecified atom stereocenters. The average molecular weight is 384 g/mol. The summed E-state index contributed by atoms with van der Waals surface area (Å²) in [6.45, 7) is 8.20. The maximum atomic E-state index is 12.1. The number of nitrogens with one attached hydrogen (secondary N) is 1. The fraction of sp³-hybridized carbons (Fsp3) is 0.941. The fourth-order valence-electron chi connectivity index (χ4n) is 3.57. The van der Waals surface area contributed by atoms with Crippen molar-refractivity contribution in [2.75, 3.05) is 39.4 Å². The number of hydrogen-bond donors (Lipinski definition) is 2. The third-order valence-electron chi connectivity index (χ3n) is 5.02. The van der Waals surface area contributed by atoms with E-state index in [9.17, 15) is 4.79 Å². The first-order valence-corrected chi connectivity index (χ1v) is 9.00. The van der Waals surface area contributed by atoms with E-state index in [-0.39, 0.29) is 42.7 Å². The summed E-state index contributed by atoms with van der Waals surface area (Å²) >= 11 is 0. The molecule has 0 radical (unpaired) electrons. The summed E-state index contributed by atoms with van der Waals surface area (Å²) in [6.07, 6.45) is 6.70. The van der Waals surface area contributed by atoms with E-state index < -0.39 is 0 Å². The summed E-state index contributed by atoms with van der Waals surface area (Å²) in [6, 6.07) is -0.369. The maximum absolute atomic E-state index is 12.1. The molecule has 2 fully saturated rings. The Kier molecular flexibility index (Phi) is 13.1. The van der Waals surface area contributed by atoms with Crippen LogP contribution in [0.2, 0.25) is 0 Å². The van der Waals surface area contributed by atoms with E-state index >= 15 is 0 Å². The fourth-order valence-corrected chi connectivity index (χ4v) is 3.57. The lowest BCUT2D eigenvalue weighted by atomic mass is 9.92. The van der Waals surface area contributed by atoms with Crippen LogP contribution in [-0.2, 0) is 9.53 Å². The van der Waals surface area contributed by atoms with Crippen LogP contribution < -0.4 is 11.1 Å². The monoisotopic (exact) mass is 383 g/mol. The molecule has 2 aliphatic rings.